The molecule has 0 saturated heterocycles. The van der Waals surface area contributed by atoms with Crippen molar-refractivity contribution in [3.8, 4) is 0 Å². The Morgan fingerprint density at radius 2 is 1.82 bits per heavy atom. The van der Waals surface area contributed by atoms with Crippen molar-refractivity contribution in [3.63, 3.8) is 0 Å². The summed E-state index contributed by atoms with van der Waals surface area (Å²) in [5, 5.41) is 0. The first-order chi connectivity index (χ1) is 5.38. The monoisotopic (exact) mass is 149 g/mol. The topological polar surface area (TPSA) is 26.0 Å². The molecular weight excluding hydrogens is 134 g/mol. The van der Waals surface area contributed by atoms with Crippen LogP contribution >= 0.6 is 0 Å². The van der Waals surface area contributed by atoms with Gasteiger partial charge in [0.2, 0.25) is 0 Å². The Labute approximate surface area is 68.2 Å². The maximum absolute atomic E-state index is 5.48. The van der Waals surface area contributed by atoms with E-state index in [1.807, 2.05) is 0 Å². The van der Waals surface area contributed by atoms with E-state index >= 15 is 0 Å². The predicted octanol–water partition coefficient (Wildman–Crippen LogP) is 1.75. The van der Waals surface area contributed by atoms with Gasteiger partial charge in [-0.1, -0.05) is 31.2 Å². The minimum atomic E-state index is 0.747. The summed E-state index contributed by atoms with van der Waals surface area (Å²) >= 11 is 0. The zero-order valence-electron chi connectivity index (χ0n) is 7.01. The van der Waals surface area contributed by atoms with Crippen LogP contribution in [0.3, 0.4) is 0 Å². The Hall–Kier alpha value is -0.820. The summed E-state index contributed by atoms with van der Waals surface area (Å²) in [5.41, 5.74) is 8.31. The van der Waals surface area contributed by atoms with E-state index in [-0.39, 0.29) is 0 Å². The van der Waals surface area contributed by atoms with Gasteiger partial charge in [0, 0.05) is 0 Å². The third-order valence-electron chi connectivity index (χ3n) is 1.91. The normalized spacial score (nSPS) is 10.0. The van der Waals surface area contributed by atoms with Crippen molar-refractivity contribution in [3.05, 3.63) is 35.4 Å². The van der Waals surface area contributed by atoms with E-state index in [9.17, 15) is 0 Å². The highest BCUT2D eigenvalue weighted by Gasteiger charge is 1.96. The minimum absolute atomic E-state index is 0.747. The van der Waals surface area contributed by atoms with Crippen LogP contribution in [0.1, 0.15) is 18.1 Å². The molecular formula is C10H15N. The van der Waals surface area contributed by atoms with Gasteiger partial charge in [-0.25, -0.2) is 0 Å². The zero-order chi connectivity index (χ0) is 8.10. The van der Waals surface area contributed by atoms with Crippen LogP contribution in [0.15, 0.2) is 24.3 Å². The lowest BCUT2D eigenvalue weighted by molar-refractivity contribution is 0.939. The second kappa shape index (κ2) is 4.14. The van der Waals surface area contributed by atoms with Crippen molar-refractivity contribution in [2.45, 2.75) is 19.8 Å². The third-order valence-corrected chi connectivity index (χ3v) is 1.91. The van der Waals surface area contributed by atoms with Crippen LogP contribution in [-0.4, -0.2) is 6.54 Å². The molecule has 0 heterocycles. The average Bonchev–Trinajstić information content (AvgIpc) is 2.06. The van der Waals surface area contributed by atoms with Gasteiger partial charge in [0.05, 0.1) is 0 Å². The molecule has 2 N–H and O–H groups in total. The largest absolute Gasteiger partial charge is 0.330 e. The van der Waals surface area contributed by atoms with E-state index in [1.165, 1.54) is 11.1 Å². The fourth-order valence-electron chi connectivity index (χ4n) is 1.30. The Morgan fingerprint density at radius 3 is 2.36 bits per heavy atom. The van der Waals surface area contributed by atoms with Gasteiger partial charge in [0.1, 0.15) is 0 Å². The SMILES string of the molecule is CCc1ccccc1CCN. The molecule has 1 aromatic rings. The first kappa shape index (κ1) is 8.28. The Bertz CT molecular complexity index is 218. The van der Waals surface area contributed by atoms with E-state index < -0.39 is 0 Å². The number of aryl methyl sites for hydroxylation is 1. The van der Waals surface area contributed by atoms with Crippen LogP contribution in [0, 0.1) is 0 Å². The van der Waals surface area contributed by atoms with E-state index in [0.29, 0.717) is 0 Å². The second-order valence-electron chi connectivity index (χ2n) is 2.66. The van der Waals surface area contributed by atoms with Crippen LogP contribution in [0.5, 0.6) is 0 Å². The number of hydrogen-bond donors (Lipinski definition) is 1. The molecule has 0 aliphatic heterocycles. The lowest BCUT2D eigenvalue weighted by atomic mass is 10.0. The molecule has 60 valence electrons. The summed E-state index contributed by atoms with van der Waals surface area (Å²) in [6, 6.07) is 8.49. The maximum atomic E-state index is 5.48. The first-order valence-corrected chi connectivity index (χ1v) is 4.15. The molecule has 0 aliphatic rings. The Kier molecular flexibility index (Phi) is 3.12. The molecule has 0 atom stereocenters. The van der Waals surface area contributed by atoms with Crippen molar-refractivity contribution >= 4 is 0 Å². The van der Waals surface area contributed by atoms with Crippen molar-refractivity contribution in [1.29, 1.82) is 0 Å². The highest BCUT2D eigenvalue weighted by atomic mass is 14.5. The average molecular weight is 149 g/mol. The zero-order valence-corrected chi connectivity index (χ0v) is 7.01. The molecule has 0 amide bonds. The molecule has 0 spiro atoms. The van der Waals surface area contributed by atoms with Gasteiger partial charge in [-0.05, 0) is 30.5 Å². The Morgan fingerprint density at radius 1 is 1.18 bits per heavy atom. The standard InChI is InChI=1S/C10H15N/c1-2-9-5-3-4-6-10(9)7-8-11/h3-6H,2,7-8,11H2,1H3. The summed E-state index contributed by atoms with van der Waals surface area (Å²) in [6.45, 7) is 2.92. The van der Waals surface area contributed by atoms with Gasteiger partial charge in [0.25, 0.3) is 0 Å². The summed E-state index contributed by atoms with van der Waals surface area (Å²) in [5.74, 6) is 0. The Balaban J connectivity index is 2.83. The summed E-state index contributed by atoms with van der Waals surface area (Å²) in [7, 11) is 0. The van der Waals surface area contributed by atoms with Gasteiger partial charge >= 0.3 is 0 Å². The van der Waals surface area contributed by atoms with Gasteiger partial charge in [-0.15, -0.1) is 0 Å². The van der Waals surface area contributed by atoms with E-state index in [2.05, 4.69) is 31.2 Å². The fourth-order valence-corrected chi connectivity index (χ4v) is 1.30. The molecule has 0 radical (unpaired) electrons. The molecule has 0 bridgehead atoms. The molecule has 1 rings (SSSR count). The van der Waals surface area contributed by atoms with Crippen LogP contribution in [0.25, 0.3) is 0 Å². The first-order valence-electron chi connectivity index (χ1n) is 4.15. The molecule has 0 unspecified atom stereocenters. The van der Waals surface area contributed by atoms with E-state index in [1.54, 1.807) is 0 Å². The molecule has 0 saturated carbocycles. The highest BCUT2D eigenvalue weighted by Crippen LogP contribution is 2.08. The van der Waals surface area contributed by atoms with Crippen LogP contribution < -0.4 is 5.73 Å². The summed E-state index contributed by atoms with van der Waals surface area (Å²) < 4.78 is 0. The summed E-state index contributed by atoms with van der Waals surface area (Å²) in [4.78, 5) is 0. The predicted molar refractivity (Wildman–Crippen MR) is 48.6 cm³/mol. The van der Waals surface area contributed by atoms with Crippen molar-refractivity contribution in [2.24, 2.45) is 5.73 Å². The molecule has 1 nitrogen and oxygen atoms in total. The molecule has 0 aromatic heterocycles. The fraction of sp³-hybridized carbons (Fsp3) is 0.400. The number of nitrogens with two attached hydrogens (primary N) is 1. The van der Waals surface area contributed by atoms with Gasteiger partial charge in [-0.3, -0.25) is 0 Å². The smallest absolute Gasteiger partial charge is 0.00366 e. The van der Waals surface area contributed by atoms with Crippen LogP contribution in [0.2, 0.25) is 0 Å². The van der Waals surface area contributed by atoms with Crippen molar-refractivity contribution < 1.29 is 0 Å². The lowest BCUT2D eigenvalue weighted by Crippen LogP contribution is -2.04. The molecule has 0 fully saturated rings. The number of rotatable bonds is 3. The van der Waals surface area contributed by atoms with Gasteiger partial charge in [0.15, 0.2) is 0 Å². The highest BCUT2D eigenvalue weighted by molar-refractivity contribution is 5.27. The number of hydrogen-bond acceptors (Lipinski definition) is 1. The van der Waals surface area contributed by atoms with Gasteiger partial charge in [-0.2, -0.15) is 0 Å². The molecule has 1 heteroatoms. The minimum Gasteiger partial charge on any atom is -0.330 e. The van der Waals surface area contributed by atoms with Crippen molar-refractivity contribution in [1.82, 2.24) is 0 Å². The van der Waals surface area contributed by atoms with Crippen LogP contribution in [-0.2, 0) is 12.8 Å². The summed E-state index contributed by atoms with van der Waals surface area (Å²) in [6.07, 6.45) is 2.11. The molecule has 11 heavy (non-hydrogen) atoms. The maximum Gasteiger partial charge on any atom is -0.00366 e. The van der Waals surface area contributed by atoms with Crippen molar-refractivity contribution in [2.75, 3.05) is 6.54 Å². The van der Waals surface area contributed by atoms with E-state index in [0.717, 1.165) is 19.4 Å². The van der Waals surface area contributed by atoms with E-state index in [4.69, 9.17) is 5.73 Å². The van der Waals surface area contributed by atoms with Crippen LogP contribution in [0.4, 0.5) is 0 Å². The lowest BCUT2D eigenvalue weighted by Gasteiger charge is -2.04. The number of benzene rings is 1. The third kappa shape index (κ3) is 2.05. The molecule has 0 aliphatic carbocycles. The quantitative estimate of drug-likeness (QED) is 0.696. The second-order valence-corrected chi connectivity index (χ2v) is 2.66. The molecule has 1 aromatic carbocycles. The van der Waals surface area contributed by atoms with Gasteiger partial charge < -0.3 is 5.73 Å².